The SMILES string of the molecule is Cc1cnc(-c2nc(-c3c(C)ncc4c3CCNC4)no2)[nH]1.Cl. The van der Waals surface area contributed by atoms with E-state index in [0.29, 0.717) is 17.5 Å². The highest BCUT2D eigenvalue weighted by Gasteiger charge is 2.21. The summed E-state index contributed by atoms with van der Waals surface area (Å²) in [5, 5.41) is 7.49. The number of pyridine rings is 1. The van der Waals surface area contributed by atoms with Gasteiger partial charge in [0.1, 0.15) is 0 Å². The Morgan fingerprint density at radius 2 is 2.04 bits per heavy atom. The molecule has 2 N–H and O–H groups in total. The number of H-pyrrole nitrogens is 1. The van der Waals surface area contributed by atoms with E-state index in [4.69, 9.17) is 4.52 Å². The van der Waals surface area contributed by atoms with Crippen molar-refractivity contribution in [2.75, 3.05) is 6.54 Å². The lowest BCUT2D eigenvalue weighted by atomic mass is 9.95. The third-order valence-electron chi connectivity index (χ3n) is 3.89. The minimum absolute atomic E-state index is 0. The molecule has 0 aliphatic carbocycles. The minimum atomic E-state index is 0. The second kappa shape index (κ2) is 6.10. The lowest BCUT2D eigenvalue weighted by Crippen LogP contribution is -2.24. The van der Waals surface area contributed by atoms with Gasteiger partial charge < -0.3 is 14.8 Å². The largest absolute Gasteiger partial charge is 0.338 e. The van der Waals surface area contributed by atoms with E-state index < -0.39 is 0 Å². The van der Waals surface area contributed by atoms with E-state index in [-0.39, 0.29) is 12.4 Å². The Labute approximate surface area is 139 Å². The number of aromatic nitrogens is 5. The fourth-order valence-corrected chi connectivity index (χ4v) is 2.81. The maximum atomic E-state index is 5.37. The Bertz CT molecular complexity index is 840. The van der Waals surface area contributed by atoms with Crippen LogP contribution in [0.15, 0.2) is 16.9 Å². The third kappa shape index (κ3) is 2.73. The van der Waals surface area contributed by atoms with Crippen molar-refractivity contribution < 1.29 is 4.52 Å². The number of imidazole rings is 1. The van der Waals surface area contributed by atoms with E-state index >= 15 is 0 Å². The molecule has 4 rings (SSSR count). The smallest absolute Gasteiger partial charge is 0.294 e. The molecule has 0 atom stereocenters. The summed E-state index contributed by atoms with van der Waals surface area (Å²) < 4.78 is 5.37. The molecule has 1 aliphatic heterocycles. The van der Waals surface area contributed by atoms with E-state index in [2.05, 4.69) is 30.4 Å². The number of hydrogen-bond donors (Lipinski definition) is 2. The molecular formula is C15H17ClN6O. The minimum Gasteiger partial charge on any atom is -0.338 e. The summed E-state index contributed by atoms with van der Waals surface area (Å²) in [6, 6.07) is 0. The van der Waals surface area contributed by atoms with Crippen molar-refractivity contribution in [2.24, 2.45) is 0 Å². The summed E-state index contributed by atoms with van der Waals surface area (Å²) in [6.45, 7) is 5.69. The first-order chi connectivity index (χ1) is 10.7. The van der Waals surface area contributed by atoms with Gasteiger partial charge in [0.15, 0.2) is 5.82 Å². The molecule has 0 bridgehead atoms. The van der Waals surface area contributed by atoms with Crippen molar-refractivity contribution >= 4 is 12.4 Å². The van der Waals surface area contributed by atoms with Gasteiger partial charge in [-0.1, -0.05) is 5.16 Å². The molecule has 7 nitrogen and oxygen atoms in total. The molecule has 4 heterocycles. The molecule has 1 aliphatic rings. The fraction of sp³-hybridized carbons (Fsp3) is 0.333. The topological polar surface area (TPSA) is 92.5 Å². The average Bonchev–Trinajstić information content (AvgIpc) is 3.16. The Morgan fingerprint density at radius 1 is 1.17 bits per heavy atom. The van der Waals surface area contributed by atoms with Crippen LogP contribution in [0.2, 0.25) is 0 Å². The van der Waals surface area contributed by atoms with Gasteiger partial charge in [0.25, 0.3) is 5.89 Å². The van der Waals surface area contributed by atoms with Crippen molar-refractivity contribution in [3.8, 4) is 23.1 Å². The van der Waals surface area contributed by atoms with E-state index in [0.717, 1.165) is 36.5 Å². The van der Waals surface area contributed by atoms with E-state index in [1.807, 2.05) is 20.0 Å². The number of halogens is 1. The predicted molar refractivity (Wildman–Crippen MR) is 87.2 cm³/mol. The first kappa shape index (κ1) is 15.6. The van der Waals surface area contributed by atoms with Crippen LogP contribution in [-0.2, 0) is 13.0 Å². The monoisotopic (exact) mass is 332 g/mol. The molecule has 0 unspecified atom stereocenters. The Kier molecular flexibility index (Phi) is 4.14. The molecule has 0 aromatic carbocycles. The second-order valence-corrected chi connectivity index (χ2v) is 5.49. The molecule has 23 heavy (non-hydrogen) atoms. The summed E-state index contributed by atoms with van der Waals surface area (Å²) in [6.07, 6.45) is 4.61. The number of nitrogens with zero attached hydrogens (tertiary/aromatic N) is 4. The number of rotatable bonds is 2. The van der Waals surface area contributed by atoms with Crippen molar-refractivity contribution in [2.45, 2.75) is 26.8 Å². The van der Waals surface area contributed by atoms with Gasteiger partial charge >= 0.3 is 0 Å². The Morgan fingerprint density at radius 3 is 2.83 bits per heavy atom. The number of hydrogen-bond acceptors (Lipinski definition) is 6. The van der Waals surface area contributed by atoms with Gasteiger partial charge in [-0.2, -0.15) is 4.98 Å². The van der Waals surface area contributed by atoms with Gasteiger partial charge in [0.05, 0.1) is 0 Å². The molecule has 3 aromatic rings. The maximum absolute atomic E-state index is 5.37. The van der Waals surface area contributed by atoms with Crippen LogP contribution in [0.5, 0.6) is 0 Å². The van der Waals surface area contributed by atoms with Gasteiger partial charge in [0.2, 0.25) is 5.82 Å². The van der Waals surface area contributed by atoms with Gasteiger partial charge in [-0.05, 0) is 37.9 Å². The summed E-state index contributed by atoms with van der Waals surface area (Å²) >= 11 is 0. The molecule has 3 aromatic heterocycles. The van der Waals surface area contributed by atoms with E-state index in [1.54, 1.807) is 6.20 Å². The maximum Gasteiger partial charge on any atom is 0.294 e. The molecule has 0 saturated heterocycles. The lowest BCUT2D eigenvalue weighted by molar-refractivity contribution is 0.429. The number of aryl methyl sites for hydroxylation is 2. The summed E-state index contributed by atoms with van der Waals surface area (Å²) in [7, 11) is 0. The average molecular weight is 333 g/mol. The molecule has 0 saturated carbocycles. The molecule has 120 valence electrons. The number of aromatic amines is 1. The predicted octanol–water partition coefficient (Wildman–Crippen LogP) is 2.21. The zero-order chi connectivity index (χ0) is 15.1. The molecule has 0 fully saturated rings. The third-order valence-corrected chi connectivity index (χ3v) is 3.89. The summed E-state index contributed by atoms with van der Waals surface area (Å²) in [5.41, 5.74) is 5.32. The van der Waals surface area contributed by atoms with Crippen LogP contribution in [0, 0.1) is 13.8 Å². The van der Waals surface area contributed by atoms with Crippen LogP contribution >= 0.6 is 12.4 Å². The highest BCUT2D eigenvalue weighted by molar-refractivity contribution is 5.85. The highest BCUT2D eigenvalue weighted by Crippen LogP contribution is 2.29. The zero-order valence-corrected chi connectivity index (χ0v) is 13.7. The van der Waals surface area contributed by atoms with Crippen molar-refractivity contribution in [1.82, 2.24) is 30.4 Å². The van der Waals surface area contributed by atoms with Gasteiger partial charge in [-0.3, -0.25) is 4.98 Å². The normalized spacial score (nSPS) is 13.5. The van der Waals surface area contributed by atoms with Gasteiger partial charge in [0, 0.05) is 35.9 Å². The molecule has 0 spiro atoms. The quantitative estimate of drug-likeness (QED) is 0.747. The Hall–Kier alpha value is -2.25. The Balaban J connectivity index is 0.00000156. The van der Waals surface area contributed by atoms with Crippen molar-refractivity contribution in [3.05, 3.63) is 34.9 Å². The summed E-state index contributed by atoms with van der Waals surface area (Å²) in [4.78, 5) is 16.3. The van der Waals surface area contributed by atoms with Crippen LogP contribution in [0.25, 0.3) is 23.1 Å². The highest BCUT2D eigenvalue weighted by atomic mass is 35.5. The molecule has 0 radical (unpaired) electrons. The van der Waals surface area contributed by atoms with Crippen LogP contribution < -0.4 is 5.32 Å². The lowest BCUT2D eigenvalue weighted by Gasteiger charge is -2.19. The number of fused-ring (bicyclic) bond motifs is 1. The fourth-order valence-electron chi connectivity index (χ4n) is 2.81. The number of nitrogens with one attached hydrogen (secondary N) is 2. The first-order valence-corrected chi connectivity index (χ1v) is 7.26. The van der Waals surface area contributed by atoms with Crippen LogP contribution in [0.3, 0.4) is 0 Å². The molecule has 0 amide bonds. The van der Waals surface area contributed by atoms with Crippen molar-refractivity contribution in [1.29, 1.82) is 0 Å². The molecular weight excluding hydrogens is 316 g/mol. The zero-order valence-electron chi connectivity index (χ0n) is 12.9. The second-order valence-electron chi connectivity index (χ2n) is 5.49. The standard InChI is InChI=1S/C15H16N6O.ClH/c1-8-5-18-14(19-8)15-20-13(21-22-15)12-9(2)17-7-10-6-16-4-3-11(10)12;/h5,7,16H,3-4,6H2,1-2H3,(H,18,19);1H. The van der Waals surface area contributed by atoms with Gasteiger partial charge in [-0.15, -0.1) is 12.4 Å². The van der Waals surface area contributed by atoms with E-state index in [9.17, 15) is 0 Å². The van der Waals surface area contributed by atoms with Crippen LogP contribution in [0.1, 0.15) is 22.5 Å². The first-order valence-electron chi connectivity index (χ1n) is 7.26. The van der Waals surface area contributed by atoms with Crippen LogP contribution in [-0.4, -0.2) is 31.6 Å². The van der Waals surface area contributed by atoms with Crippen LogP contribution in [0.4, 0.5) is 0 Å². The molecule has 8 heteroatoms. The van der Waals surface area contributed by atoms with E-state index in [1.165, 1.54) is 11.1 Å². The van der Waals surface area contributed by atoms with Gasteiger partial charge in [-0.25, -0.2) is 4.98 Å². The summed E-state index contributed by atoms with van der Waals surface area (Å²) in [5.74, 6) is 1.56. The van der Waals surface area contributed by atoms with Crippen molar-refractivity contribution in [3.63, 3.8) is 0 Å².